The molecule has 4 heteroatoms. The number of rotatable bonds is 4. The number of hydrogen-bond donors (Lipinski definition) is 1. The maximum absolute atomic E-state index is 13.1. The zero-order chi connectivity index (χ0) is 13.0. The first kappa shape index (κ1) is 12.5. The average Bonchev–Trinajstić information content (AvgIpc) is 2.36. The summed E-state index contributed by atoms with van der Waals surface area (Å²) in [6.07, 6.45) is 0.522. The normalized spacial score (nSPS) is 10.4. The largest absolute Gasteiger partial charge is 0.457 e. The number of nitrogens with two attached hydrogens (primary N) is 1. The van der Waals surface area contributed by atoms with Crippen LogP contribution in [0.2, 0.25) is 0 Å². The summed E-state index contributed by atoms with van der Waals surface area (Å²) in [5.41, 5.74) is 6.16. The summed E-state index contributed by atoms with van der Waals surface area (Å²) in [5.74, 6) is 0.378. The summed E-state index contributed by atoms with van der Waals surface area (Å²) in [5, 5.41) is 0. The van der Waals surface area contributed by atoms with E-state index < -0.39 is 0 Å². The lowest BCUT2D eigenvalue weighted by Crippen LogP contribution is -2.04. The van der Waals surface area contributed by atoms with Crippen molar-refractivity contribution in [3.63, 3.8) is 0 Å². The van der Waals surface area contributed by atoms with E-state index in [2.05, 4.69) is 0 Å². The quantitative estimate of drug-likeness (QED) is 0.902. The lowest BCUT2D eigenvalue weighted by atomic mass is 10.1. The van der Waals surface area contributed by atoms with Crippen molar-refractivity contribution < 1.29 is 13.5 Å². The first-order valence-corrected chi connectivity index (χ1v) is 5.61. The molecule has 0 fully saturated rings. The van der Waals surface area contributed by atoms with E-state index in [1.807, 2.05) is 0 Å². The molecule has 0 atom stereocenters. The Morgan fingerprint density at radius 1 is 0.944 bits per heavy atom. The van der Waals surface area contributed by atoms with Gasteiger partial charge in [0.25, 0.3) is 0 Å². The van der Waals surface area contributed by atoms with Crippen LogP contribution in [-0.4, -0.2) is 6.54 Å². The summed E-state index contributed by atoms with van der Waals surface area (Å²) in [7, 11) is 0. The Morgan fingerprint density at radius 2 is 1.61 bits per heavy atom. The van der Waals surface area contributed by atoms with Gasteiger partial charge >= 0.3 is 0 Å². The Balaban J connectivity index is 2.25. The second kappa shape index (κ2) is 5.60. The second-order valence-corrected chi connectivity index (χ2v) is 3.85. The van der Waals surface area contributed by atoms with Crippen LogP contribution in [0.15, 0.2) is 42.5 Å². The molecule has 0 aliphatic heterocycles. The van der Waals surface area contributed by atoms with Gasteiger partial charge in [-0.25, -0.2) is 8.78 Å². The van der Waals surface area contributed by atoms with Crippen molar-refractivity contribution >= 4 is 0 Å². The average molecular weight is 249 g/mol. The van der Waals surface area contributed by atoms with Gasteiger partial charge in [-0.15, -0.1) is 0 Å². The van der Waals surface area contributed by atoms with Crippen molar-refractivity contribution in [2.45, 2.75) is 6.42 Å². The van der Waals surface area contributed by atoms with Crippen LogP contribution >= 0.6 is 0 Å². The zero-order valence-electron chi connectivity index (χ0n) is 9.70. The topological polar surface area (TPSA) is 35.2 Å². The highest BCUT2D eigenvalue weighted by Gasteiger charge is 2.06. The van der Waals surface area contributed by atoms with Gasteiger partial charge < -0.3 is 10.5 Å². The Hall–Kier alpha value is -1.94. The second-order valence-electron chi connectivity index (χ2n) is 3.85. The van der Waals surface area contributed by atoms with E-state index in [9.17, 15) is 8.78 Å². The molecule has 0 saturated heterocycles. The molecule has 2 nitrogen and oxygen atoms in total. The molecule has 0 aliphatic rings. The van der Waals surface area contributed by atoms with Gasteiger partial charge in [0.15, 0.2) is 0 Å². The summed E-state index contributed by atoms with van der Waals surface area (Å²) in [6, 6.07) is 9.91. The van der Waals surface area contributed by atoms with E-state index in [1.165, 1.54) is 36.4 Å². The highest BCUT2D eigenvalue weighted by Crippen LogP contribution is 2.26. The SMILES string of the molecule is NCCc1cc(F)ccc1Oc1ccc(F)cc1. The summed E-state index contributed by atoms with van der Waals surface area (Å²) in [6.45, 7) is 0.406. The molecular weight excluding hydrogens is 236 g/mol. The standard InChI is InChI=1S/C14H13F2NO/c15-11-1-4-13(5-2-11)18-14-6-3-12(16)9-10(14)7-8-17/h1-6,9H,7-8,17H2. The van der Waals surface area contributed by atoms with Gasteiger partial charge in [0.05, 0.1) is 0 Å². The lowest BCUT2D eigenvalue weighted by molar-refractivity contribution is 0.472. The fraction of sp³-hybridized carbons (Fsp3) is 0.143. The van der Waals surface area contributed by atoms with E-state index in [-0.39, 0.29) is 11.6 Å². The lowest BCUT2D eigenvalue weighted by Gasteiger charge is -2.10. The Morgan fingerprint density at radius 3 is 2.28 bits per heavy atom. The van der Waals surface area contributed by atoms with Crippen LogP contribution in [0.25, 0.3) is 0 Å². The van der Waals surface area contributed by atoms with Gasteiger partial charge in [-0.3, -0.25) is 0 Å². The Kier molecular flexibility index (Phi) is 3.89. The monoisotopic (exact) mass is 249 g/mol. The van der Waals surface area contributed by atoms with Crippen LogP contribution in [0, 0.1) is 11.6 Å². The molecule has 0 spiro atoms. The fourth-order valence-electron chi connectivity index (χ4n) is 1.63. The van der Waals surface area contributed by atoms with E-state index >= 15 is 0 Å². The molecule has 0 radical (unpaired) electrons. The van der Waals surface area contributed by atoms with Crippen molar-refractivity contribution in [1.29, 1.82) is 0 Å². The molecule has 2 N–H and O–H groups in total. The number of halogens is 2. The van der Waals surface area contributed by atoms with Crippen molar-refractivity contribution in [1.82, 2.24) is 0 Å². The molecule has 2 aromatic rings. The van der Waals surface area contributed by atoms with Crippen molar-refractivity contribution in [2.75, 3.05) is 6.54 Å². The fourth-order valence-corrected chi connectivity index (χ4v) is 1.63. The van der Waals surface area contributed by atoms with Crippen molar-refractivity contribution in [3.8, 4) is 11.5 Å². The molecule has 0 heterocycles. The van der Waals surface area contributed by atoms with E-state index in [1.54, 1.807) is 6.07 Å². The van der Waals surface area contributed by atoms with Gasteiger partial charge in [-0.1, -0.05) is 0 Å². The zero-order valence-corrected chi connectivity index (χ0v) is 9.70. The van der Waals surface area contributed by atoms with Crippen LogP contribution in [-0.2, 0) is 6.42 Å². The van der Waals surface area contributed by atoms with Crippen molar-refractivity contribution in [3.05, 3.63) is 59.7 Å². The van der Waals surface area contributed by atoms with E-state index in [4.69, 9.17) is 10.5 Å². The third-order valence-corrected chi connectivity index (χ3v) is 2.48. The Bertz CT molecular complexity index is 526. The molecule has 94 valence electrons. The molecule has 0 aromatic heterocycles. The third-order valence-electron chi connectivity index (χ3n) is 2.48. The van der Waals surface area contributed by atoms with Gasteiger partial charge in [0, 0.05) is 0 Å². The first-order chi connectivity index (χ1) is 8.69. The highest BCUT2D eigenvalue weighted by atomic mass is 19.1. The van der Waals surface area contributed by atoms with Crippen LogP contribution < -0.4 is 10.5 Å². The molecule has 0 unspecified atom stereocenters. The van der Waals surface area contributed by atoms with E-state index in [0.29, 0.717) is 30.0 Å². The predicted molar refractivity (Wildman–Crippen MR) is 65.6 cm³/mol. The van der Waals surface area contributed by atoms with Gasteiger partial charge in [0.2, 0.25) is 0 Å². The summed E-state index contributed by atoms with van der Waals surface area (Å²) >= 11 is 0. The molecule has 0 aliphatic carbocycles. The molecule has 2 rings (SSSR count). The first-order valence-electron chi connectivity index (χ1n) is 5.61. The summed E-state index contributed by atoms with van der Waals surface area (Å²) in [4.78, 5) is 0. The summed E-state index contributed by atoms with van der Waals surface area (Å²) < 4.78 is 31.5. The smallest absolute Gasteiger partial charge is 0.130 e. The molecule has 0 saturated carbocycles. The number of hydrogen-bond acceptors (Lipinski definition) is 2. The Labute approximate surface area is 104 Å². The highest BCUT2D eigenvalue weighted by molar-refractivity contribution is 5.38. The van der Waals surface area contributed by atoms with Crippen LogP contribution in [0.1, 0.15) is 5.56 Å². The molecule has 0 amide bonds. The minimum Gasteiger partial charge on any atom is -0.457 e. The molecule has 18 heavy (non-hydrogen) atoms. The van der Waals surface area contributed by atoms with Gasteiger partial charge in [-0.05, 0) is 61.0 Å². The molecule has 2 aromatic carbocycles. The molecule has 0 bridgehead atoms. The van der Waals surface area contributed by atoms with Crippen molar-refractivity contribution in [2.24, 2.45) is 5.73 Å². The van der Waals surface area contributed by atoms with Crippen LogP contribution in [0.4, 0.5) is 8.78 Å². The van der Waals surface area contributed by atoms with Crippen LogP contribution in [0.3, 0.4) is 0 Å². The van der Waals surface area contributed by atoms with E-state index in [0.717, 1.165) is 0 Å². The minimum atomic E-state index is -0.330. The number of benzene rings is 2. The minimum absolute atomic E-state index is 0.329. The maximum atomic E-state index is 13.1. The maximum Gasteiger partial charge on any atom is 0.130 e. The predicted octanol–water partition coefficient (Wildman–Crippen LogP) is 3.26. The third kappa shape index (κ3) is 3.05. The van der Waals surface area contributed by atoms with Crippen LogP contribution in [0.5, 0.6) is 11.5 Å². The van der Waals surface area contributed by atoms with Gasteiger partial charge in [-0.2, -0.15) is 0 Å². The number of ether oxygens (including phenoxy) is 1. The molecular formula is C14H13F2NO. The van der Waals surface area contributed by atoms with Gasteiger partial charge in [0.1, 0.15) is 23.1 Å².